The highest BCUT2D eigenvalue weighted by molar-refractivity contribution is 5.66. The molecule has 0 amide bonds. The lowest BCUT2D eigenvalue weighted by atomic mass is 10.1. The smallest absolute Gasteiger partial charge is 0.128 e. The van der Waals surface area contributed by atoms with Gasteiger partial charge in [-0.05, 0) is 30.2 Å². The van der Waals surface area contributed by atoms with Gasteiger partial charge >= 0.3 is 0 Å². The van der Waals surface area contributed by atoms with E-state index in [4.69, 9.17) is 4.74 Å². The summed E-state index contributed by atoms with van der Waals surface area (Å²) in [6.45, 7) is 5.01. The van der Waals surface area contributed by atoms with Gasteiger partial charge in [-0.3, -0.25) is 4.98 Å². The van der Waals surface area contributed by atoms with Gasteiger partial charge in [-0.25, -0.2) is 0 Å². The van der Waals surface area contributed by atoms with Crippen molar-refractivity contribution in [2.75, 3.05) is 6.61 Å². The van der Waals surface area contributed by atoms with Gasteiger partial charge in [-0.1, -0.05) is 32.0 Å². The van der Waals surface area contributed by atoms with Gasteiger partial charge in [0.1, 0.15) is 5.75 Å². The fraction of sp³-hybridized carbons (Fsp3) is 0.267. The summed E-state index contributed by atoms with van der Waals surface area (Å²) in [5, 5.41) is 0. The van der Waals surface area contributed by atoms with E-state index in [2.05, 4.69) is 18.8 Å². The minimum Gasteiger partial charge on any atom is -0.493 e. The second-order valence-electron chi connectivity index (χ2n) is 4.42. The quantitative estimate of drug-likeness (QED) is 0.793. The molecule has 0 saturated heterocycles. The minimum absolute atomic E-state index is 0.520. The summed E-state index contributed by atoms with van der Waals surface area (Å²) in [7, 11) is 0. The molecule has 0 aliphatic heterocycles. The number of benzene rings is 1. The van der Waals surface area contributed by atoms with Crippen LogP contribution in [0.1, 0.15) is 13.8 Å². The second-order valence-corrected chi connectivity index (χ2v) is 4.42. The van der Waals surface area contributed by atoms with Gasteiger partial charge in [0.2, 0.25) is 0 Å². The van der Waals surface area contributed by atoms with Crippen LogP contribution in [-0.4, -0.2) is 11.6 Å². The first-order valence-corrected chi connectivity index (χ1v) is 5.90. The first kappa shape index (κ1) is 11.6. The first-order chi connectivity index (χ1) is 8.27. The lowest BCUT2D eigenvalue weighted by Crippen LogP contribution is -2.05. The van der Waals surface area contributed by atoms with Crippen molar-refractivity contribution in [1.82, 2.24) is 4.98 Å². The summed E-state index contributed by atoms with van der Waals surface area (Å²) in [5.74, 6) is 1.42. The van der Waals surface area contributed by atoms with Crippen LogP contribution in [0.4, 0.5) is 0 Å². The summed E-state index contributed by atoms with van der Waals surface area (Å²) in [5.41, 5.74) is 2.00. The lowest BCUT2D eigenvalue weighted by molar-refractivity contribution is 0.272. The molecule has 1 aromatic carbocycles. The molecule has 1 aromatic heterocycles. The summed E-state index contributed by atoms with van der Waals surface area (Å²) in [4.78, 5) is 4.36. The van der Waals surface area contributed by atoms with Crippen molar-refractivity contribution in [1.29, 1.82) is 0 Å². The molecule has 0 atom stereocenters. The number of hydrogen-bond acceptors (Lipinski definition) is 2. The van der Waals surface area contributed by atoms with Crippen molar-refractivity contribution in [3.05, 3.63) is 48.7 Å². The number of nitrogens with zero attached hydrogens (tertiary/aromatic N) is 1. The summed E-state index contributed by atoms with van der Waals surface area (Å²) in [6.07, 6.45) is 1.80. The Hall–Kier alpha value is -1.83. The largest absolute Gasteiger partial charge is 0.493 e. The van der Waals surface area contributed by atoms with Crippen molar-refractivity contribution >= 4 is 0 Å². The number of rotatable bonds is 4. The van der Waals surface area contributed by atoms with Gasteiger partial charge in [0.25, 0.3) is 0 Å². The van der Waals surface area contributed by atoms with Crippen LogP contribution >= 0.6 is 0 Å². The van der Waals surface area contributed by atoms with Crippen LogP contribution in [-0.2, 0) is 0 Å². The summed E-state index contributed by atoms with van der Waals surface area (Å²) < 4.78 is 5.81. The van der Waals surface area contributed by atoms with Crippen LogP contribution in [0.5, 0.6) is 5.75 Å². The molecule has 88 valence electrons. The van der Waals surface area contributed by atoms with E-state index in [0.29, 0.717) is 5.92 Å². The zero-order valence-electron chi connectivity index (χ0n) is 10.3. The molecule has 0 aliphatic rings. The van der Waals surface area contributed by atoms with Crippen LogP contribution in [0.2, 0.25) is 0 Å². The maximum atomic E-state index is 5.81. The molecule has 0 unspecified atom stereocenters. The third-order valence-corrected chi connectivity index (χ3v) is 2.40. The number of para-hydroxylation sites is 1. The Morgan fingerprint density at radius 2 is 1.82 bits per heavy atom. The molecule has 0 spiro atoms. The van der Waals surface area contributed by atoms with Crippen molar-refractivity contribution in [3.8, 4) is 17.0 Å². The van der Waals surface area contributed by atoms with E-state index < -0.39 is 0 Å². The fourth-order valence-electron chi connectivity index (χ4n) is 1.58. The van der Waals surface area contributed by atoms with Crippen LogP contribution in [0.25, 0.3) is 11.3 Å². The van der Waals surface area contributed by atoms with Crippen LogP contribution < -0.4 is 4.74 Å². The summed E-state index contributed by atoms with van der Waals surface area (Å²) in [6, 6.07) is 13.9. The van der Waals surface area contributed by atoms with E-state index in [1.165, 1.54) is 0 Å². The molecular weight excluding hydrogens is 210 g/mol. The number of pyridine rings is 1. The average molecular weight is 227 g/mol. The number of aromatic nitrogens is 1. The Morgan fingerprint density at radius 1 is 1.06 bits per heavy atom. The van der Waals surface area contributed by atoms with Crippen LogP contribution in [0, 0.1) is 5.92 Å². The van der Waals surface area contributed by atoms with Gasteiger partial charge in [0, 0.05) is 11.8 Å². The van der Waals surface area contributed by atoms with Crippen LogP contribution in [0.3, 0.4) is 0 Å². The standard InChI is InChI=1S/C15H17NO/c1-12(2)11-17-15-9-4-3-7-13(15)14-8-5-6-10-16-14/h3-10,12H,11H2,1-2H3. The molecule has 0 N–H and O–H groups in total. The zero-order valence-corrected chi connectivity index (χ0v) is 10.3. The van der Waals surface area contributed by atoms with Gasteiger partial charge in [0.15, 0.2) is 0 Å². The number of hydrogen-bond donors (Lipinski definition) is 0. The van der Waals surface area contributed by atoms with E-state index in [1.54, 1.807) is 6.20 Å². The maximum Gasteiger partial charge on any atom is 0.128 e. The average Bonchev–Trinajstić information content (AvgIpc) is 2.38. The number of ether oxygens (including phenoxy) is 1. The molecule has 0 fully saturated rings. The predicted molar refractivity (Wildman–Crippen MR) is 70.0 cm³/mol. The molecular formula is C15H17NO. The fourth-order valence-corrected chi connectivity index (χ4v) is 1.58. The van der Waals surface area contributed by atoms with Crippen molar-refractivity contribution in [3.63, 3.8) is 0 Å². The highest BCUT2D eigenvalue weighted by Crippen LogP contribution is 2.28. The molecule has 2 rings (SSSR count). The highest BCUT2D eigenvalue weighted by atomic mass is 16.5. The van der Waals surface area contributed by atoms with Crippen molar-refractivity contribution in [2.45, 2.75) is 13.8 Å². The van der Waals surface area contributed by atoms with Gasteiger partial charge < -0.3 is 4.74 Å². The van der Waals surface area contributed by atoms with Gasteiger partial charge in [-0.15, -0.1) is 0 Å². The third kappa shape index (κ3) is 3.06. The SMILES string of the molecule is CC(C)COc1ccccc1-c1ccccn1. The van der Waals surface area contributed by atoms with Gasteiger partial charge in [-0.2, -0.15) is 0 Å². The first-order valence-electron chi connectivity index (χ1n) is 5.90. The molecule has 2 heteroatoms. The van der Waals surface area contributed by atoms with Crippen molar-refractivity contribution in [2.24, 2.45) is 5.92 Å². The molecule has 0 aliphatic carbocycles. The van der Waals surface area contributed by atoms with Gasteiger partial charge in [0.05, 0.1) is 12.3 Å². The van der Waals surface area contributed by atoms with E-state index in [9.17, 15) is 0 Å². The Balaban J connectivity index is 2.28. The summed E-state index contributed by atoms with van der Waals surface area (Å²) >= 11 is 0. The van der Waals surface area contributed by atoms with E-state index in [-0.39, 0.29) is 0 Å². The van der Waals surface area contributed by atoms with E-state index in [1.807, 2.05) is 42.5 Å². The molecule has 17 heavy (non-hydrogen) atoms. The Morgan fingerprint density at radius 3 is 2.53 bits per heavy atom. The van der Waals surface area contributed by atoms with E-state index >= 15 is 0 Å². The predicted octanol–water partition coefficient (Wildman–Crippen LogP) is 3.78. The van der Waals surface area contributed by atoms with E-state index in [0.717, 1.165) is 23.6 Å². The monoisotopic (exact) mass is 227 g/mol. The molecule has 2 nitrogen and oxygen atoms in total. The van der Waals surface area contributed by atoms with Crippen molar-refractivity contribution < 1.29 is 4.74 Å². The normalized spacial score (nSPS) is 10.5. The molecule has 0 bridgehead atoms. The Bertz CT molecular complexity index is 465. The lowest BCUT2D eigenvalue weighted by Gasteiger charge is -2.12. The highest BCUT2D eigenvalue weighted by Gasteiger charge is 2.06. The molecule has 1 heterocycles. The third-order valence-electron chi connectivity index (χ3n) is 2.40. The Kier molecular flexibility index (Phi) is 3.76. The van der Waals surface area contributed by atoms with Crippen LogP contribution in [0.15, 0.2) is 48.7 Å². The molecule has 2 aromatic rings. The topological polar surface area (TPSA) is 22.1 Å². The minimum atomic E-state index is 0.520. The Labute approximate surface area is 102 Å². The molecule has 0 radical (unpaired) electrons. The maximum absolute atomic E-state index is 5.81. The molecule has 0 saturated carbocycles. The second kappa shape index (κ2) is 5.48. The zero-order chi connectivity index (χ0) is 12.1.